The fourth-order valence-electron chi connectivity index (χ4n) is 3.84. The molecule has 6 rings (SSSR count). The minimum absolute atomic E-state index is 0.0447. The third-order valence-electron chi connectivity index (χ3n) is 5.75. The molecule has 0 spiro atoms. The van der Waals surface area contributed by atoms with Crippen LogP contribution in [-0.4, -0.2) is 25.9 Å². The third kappa shape index (κ3) is 4.95. The Hall–Kier alpha value is -2.86. The van der Waals surface area contributed by atoms with Crippen molar-refractivity contribution in [3.8, 4) is 48.8 Å². The van der Waals surface area contributed by atoms with Gasteiger partial charge in [0, 0.05) is 62.9 Å². The van der Waals surface area contributed by atoms with E-state index in [0.29, 0.717) is 0 Å². The molecule has 0 aliphatic rings. The Balaban J connectivity index is 1.19. The molecule has 6 aromatic heterocycles. The number of nitrogens with one attached hydrogen (secondary N) is 2. The molecular formula is C28H20N2O2S6. The Bertz CT molecular complexity index is 1630. The van der Waals surface area contributed by atoms with Crippen LogP contribution < -0.4 is 10.6 Å². The van der Waals surface area contributed by atoms with Gasteiger partial charge in [0.05, 0.1) is 9.75 Å². The van der Waals surface area contributed by atoms with Crippen molar-refractivity contribution in [2.45, 2.75) is 0 Å². The van der Waals surface area contributed by atoms with Crippen LogP contribution in [0.3, 0.4) is 0 Å². The van der Waals surface area contributed by atoms with E-state index in [-0.39, 0.29) is 11.8 Å². The molecule has 6 heterocycles. The summed E-state index contributed by atoms with van der Waals surface area (Å²) in [6, 6.07) is 25.2. The number of carbonyl (C=O) groups excluding carboxylic acids is 2. The van der Waals surface area contributed by atoms with Crippen molar-refractivity contribution in [2.75, 3.05) is 14.1 Å². The highest BCUT2D eigenvalue weighted by atomic mass is 32.1. The fraction of sp³-hybridized carbons (Fsp3) is 0.0714. The summed E-state index contributed by atoms with van der Waals surface area (Å²) in [5.41, 5.74) is 0. The molecule has 0 radical (unpaired) electrons. The number of hydrogen-bond acceptors (Lipinski definition) is 8. The molecule has 0 aliphatic carbocycles. The van der Waals surface area contributed by atoms with E-state index in [2.05, 4.69) is 59.2 Å². The lowest BCUT2D eigenvalue weighted by atomic mass is 10.3. The predicted molar refractivity (Wildman–Crippen MR) is 168 cm³/mol. The highest BCUT2D eigenvalue weighted by Gasteiger charge is 2.15. The second-order valence-corrected chi connectivity index (χ2v) is 14.6. The van der Waals surface area contributed by atoms with Crippen LogP contribution in [0.2, 0.25) is 0 Å². The number of carbonyl (C=O) groups is 2. The average Bonchev–Trinajstić information content (AvgIpc) is 3.78. The Morgan fingerprint density at radius 3 is 0.842 bits per heavy atom. The standard InChI is InChI=1S/C28H20N2O2S6/c1-29-27(31)25-13-11-23(37-25)21-9-7-19(35-21)17-5-3-15(33-17)16-4-6-18(34-16)20-8-10-22(36-20)24-12-14-26(38-24)28(32)30-2/h3-14H,1-2H3,(H,29,31)(H,30,32). The smallest absolute Gasteiger partial charge is 0.261 e. The summed E-state index contributed by atoms with van der Waals surface area (Å²) in [6.45, 7) is 0. The van der Waals surface area contributed by atoms with Crippen LogP contribution in [0.1, 0.15) is 19.3 Å². The van der Waals surface area contributed by atoms with Gasteiger partial charge < -0.3 is 10.6 Å². The second-order valence-electron chi connectivity index (χ2n) is 8.14. The first kappa shape index (κ1) is 25.4. The summed E-state index contributed by atoms with van der Waals surface area (Å²) >= 11 is 10.2. The zero-order valence-electron chi connectivity index (χ0n) is 20.2. The first-order valence-electron chi connectivity index (χ1n) is 11.6. The lowest BCUT2D eigenvalue weighted by molar-refractivity contribution is 0.0959. The van der Waals surface area contributed by atoms with Gasteiger partial charge in [0.25, 0.3) is 11.8 Å². The van der Waals surface area contributed by atoms with Gasteiger partial charge in [-0.3, -0.25) is 9.59 Å². The van der Waals surface area contributed by atoms with Gasteiger partial charge in [0.2, 0.25) is 0 Å². The van der Waals surface area contributed by atoms with Crippen LogP contribution in [0.4, 0.5) is 0 Å². The van der Waals surface area contributed by atoms with Gasteiger partial charge in [-0.2, -0.15) is 0 Å². The number of rotatable bonds is 7. The molecule has 2 amide bonds. The lowest BCUT2D eigenvalue weighted by Crippen LogP contribution is -2.15. The summed E-state index contributed by atoms with van der Waals surface area (Å²) < 4.78 is 0. The van der Waals surface area contributed by atoms with E-state index >= 15 is 0 Å². The van der Waals surface area contributed by atoms with Crippen molar-refractivity contribution < 1.29 is 9.59 Å². The minimum atomic E-state index is -0.0447. The van der Waals surface area contributed by atoms with Crippen LogP contribution in [0.5, 0.6) is 0 Å². The lowest BCUT2D eigenvalue weighted by Gasteiger charge is -1.94. The molecule has 4 nitrogen and oxygen atoms in total. The van der Waals surface area contributed by atoms with E-state index in [9.17, 15) is 9.59 Å². The van der Waals surface area contributed by atoms with Crippen molar-refractivity contribution in [1.82, 2.24) is 10.6 Å². The molecule has 0 atom stereocenters. The van der Waals surface area contributed by atoms with Gasteiger partial charge in [-0.1, -0.05) is 0 Å². The Morgan fingerprint density at radius 2 is 0.605 bits per heavy atom. The van der Waals surface area contributed by atoms with Crippen molar-refractivity contribution in [1.29, 1.82) is 0 Å². The molecule has 0 bridgehead atoms. The van der Waals surface area contributed by atoms with Crippen LogP contribution in [0.15, 0.2) is 72.8 Å². The zero-order valence-corrected chi connectivity index (χ0v) is 25.1. The van der Waals surface area contributed by atoms with E-state index in [1.54, 1.807) is 59.4 Å². The SMILES string of the molecule is CNC(=O)c1ccc(-c2ccc(-c3ccc(-c4ccc(-c5ccc(-c6ccc(C(=O)NC)s6)s5)s4)s3)s2)s1. The van der Waals surface area contributed by atoms with Gasteiger partial charge in [-0.15, -0.1) is 68.0 Å². The second kappa shape index (κ2) is 10.7. The topological polar surface area (TPSA) is 58.2 Å². The van der Waals surface area contributed by atoms with Crippen molar-refractivity contribution >= 4 is 79.8 Å². The van der Waals surface area contributed by atoms with Gasteiger partial charge in [0.1, 0.15) is 0 Å². The first-order chi connectivity index (χ1) is 18.5. The molecule has 190 valence electrons. The van der Waals surface area contributed by atoms with Crippen LogP contribution in [0, 0.1) is 0 Å². The normalized spacial score (nSPS) is 11.1. The summed E-state index contributed by atoms with van der Waals surface area (Å²) in [6.07, 6.45) is 0. The molecule has 0 saturated carbocycles. The van der Waals surface area contributed by atoms with Gasteiger partial charge in [-0.25, -0.2) is 0 Å². The van der Waals surface area contributed by atoms with Crippen molar-refractivity contribution in [2.24, 2.45) is 0 Å². The number of amides is 2. The molecule has 6 aromatic rings. The maximum atomic E-state index is 11.9. The average molecular weight is 609 g/mol. The van der Waals surface area contributed by atoms with Crippen molar-refractivity contribution in [3.63, 3.8) is 0 Å². The molecule has 0 fully saturated rings. The molecule has 0 aromatic carbocycles. The van der Waals surface area contributed by atoms with Gasteiger partial charge in [-0.05, 0) is 72.8 Å². The zero-order chi connectivity index (χ0) is 26.2. The van der Waals surface area contributed by atoms with Crippen LogP contribution >= 0.6 is 68.0 Å². The van der Waals surface area contributed by atoms with Crippen LogP contribution in [-0.2, 0) is 0 Å². The molecular weight excluding hydrogens is 589 g/mol. The van der Waals surface area contributed by atoms with Crippen molar-refractivity contribution in [3.05, 3.63) is 82.6 Å². The highest BCUT2D eigenvalue weighted by molar-refractivity contribution is 7.30. The summed E-state index contributed by atoms with van der Waals surface area (Å²) in [7, 11) is 3.31. The monoisotopic (exact) mass is 608 g/mol. The molecule has 0 saturated heterocycles. The minimum Gasteiger partial charge on any atom is -0.354 e. The highest BCUT2D eigenvalue weighted by Crippen LogP contribution is 2.45. The quantitative estimate of drug-likeness (QED) is 0.190. The number of thiophene rings is 6. The molecule has 10 heteroatoms. The summed E-state index contributed by atoms with van der Waals surface area (Å²) in [4.78, 5) is 37.3. The van der Waals surface area contributed by atoms with E-state index < -0.39 is 0 Å². The van der Waals surface area contributed by atoms with E-state index in [1.165, 1.54) is 61.7 Å². The fourth-order valence-corrected chi connectivity index (χ4v) is 10.2. The number of hydrogen-bond donors (Lipinski definition) is 2. The predicted octanol–water partition coefficient (Wildman–Crippen LogP) is 9.11. The third-order valence-corrected chi connectivity index (χ3v) is 13.2. The molecule has 0 unspecified atom stereocenters. The van der Waals surface area contributed by atoms with E-state index in [0.717, 1.165) is 19.5 Å². The maximum Gasteiger partial charge on any atom is 0.261 e. The summed E-state index contributed by atoms with van der Waals surface area (Å²) in [5, 5.41) is 5.38. The van der Waals surface area contributed by atoms with Gasteiger partial charge in [0.15, 0.2) is 0 Å². The largest absolute Gasteiger partial charge is 0.354 e. The van der Waals surface area contributed by atoms with Crippen LogP contribution in [0.25, 0.3) is 48.8 Å². The molecule has 2 N–H and O–H groups in total. The molecule has 0 aliphatic heterocycles. The van der Waals surface area contributed by atoms with E-state index in [1.807, 2.05) is 24.3 Å². The Kier molecular flexibility index (Phi) is 7.17. The Labute approximate surface area is 243 Å². The maximum absolute atomic E-state index is 11.9. The van der Waals surface area contributed by atoms with Gasteiger partial charge >= 0.3 is 0 Å². The first-order valence-corrected chi connectivity index (χ1v) is 16.5. The Morgan fingerprint density at radius 1 is 0.395 bits per heavy atom. The molecule has 38 heavy (non-hydrogen) atoms. The van der Waals surface area contributed by atoms with E-state index in [4.69, 9.17) is 0 Å². The summed E-state index contributed by atoms with van der Waals surface area (Å²) in [5.74, 6) is -0.0895.